The van der Waals surface area contributed by atoms with E-state index in [1.54, 1.807) is 17.9 Å². The van der Waals surface area contributed by atoms with Crippen LogP contribution >= 0.6 is 0 Å². The number of hydrogen-bond donors (Lipinski definition) is 0. The molecule has 0 radical (unpaired) electrons. The molecule has 0 unspecified atom stereocenters. The van der Waals surface area contributed by atoms with Gasteiger partial charge in [0.15, 0.2) is 11.5 Å². The third-order valence-corrected chi connectivity index (χ3v) is 4.92. The largest absolute Gasteiger partial charge is 0.417 e. The maximum absolute atomic E-state index is 13.4. The number of nitrogens with zero attached hydrogens (tertiary/aromatic N) is 6. The van der Waals surface area contributed by atoms with Gasteiger partial charge in [-0.05, 0) is 13.0 Å². The second kappa shape index (κ2) is 6.65. The monoisotopic (exact) mass is 414 g/mol. The molecule has 0 aliphatic heterocycles. The van der Waals surface area contributed by atoms with Gasteiger partial charge in [0.05, 0.1) is 17.0 Å². The number of halogens is 3. The Morgan fingerprint density at radius 1 is 1.00 bits per heavy atom. The third kappa shape index (κ3) is 3.34. The number of imidazole rings is 1. The molecule has 0 fully saturated rings. The van der Waals surface area contributed by atoms with Gasteiger partial charge >= 0.3 is 6.18 Å². The van der Waals surface area contributed by atoms with Crippen molar-refractivity contribution in [1.82, 2.24) is 29.3 Å². The first-order valence-electron chi connectivity index (χ1n) is 9.40. The fourth-order valence-corrected chi connectivity index (χ4v) is 3.36. The van der Waals surface area contributed by atoms with E-state index in [-0.39, 0.29) is 16.8 Å². The molecule has 0 bridgehead atoms. The van der Waals surface area contributed by atoms with Crippen molar-refractivity contribution < 1.29 is 13.2 Å². The maximum Gasteiger partial charge on any atom is 0.417 e. The lowest BCUT2D eigenvalue weighted by molar-refractivity contribution is -0.137. The average molecular weight is 414 g/mol. The zero-order chi connectivity index (χ0) is 21.8. The molecule has 3 heterocycles. The average Bonchev–Trinajstić information content (AvgIpc) is 3.24. The first kappa shape index (κ1) is 20.1. The van der Waals surface area contributed by atoms with Crippen molar-refractivity contribution >= 4 is 11.2 Å². The number of benzene rings is 1. The Kier molecular flexibility index (Phi) is 4.44. The summed E-state index contributed by atoms with van der Waals surface area (Å²) < 4.78 is 43.9. The Labute approximate surface area is 171 Å². The van der Waals surface area contributed by atoms with Gasteiger partial charge in [-0.3, -0.25) is 9.25 Å². The molecule has 6 nitrogen and oxygen atoms in total. The minimum absolute atomic E-state index is 0.00133. The Morgan fingerprint density at radius 2 is 1.70 bits per heavy atom. The molecular weight excluding hydrogens is 393 g/mol. The van der Waals surface area contributed by atoms with E-state index in [0.717, 1.165) is 17.6 Å². The van der Waals surface area contributed by atoms with E-state index in [0.29, 0.717) is 16.9 Å². The van der Waals surface area contributed by atoms with Crippen molar-refractivity contribution in [3.05, 3.63) is 53.6 Å². The standard InChI is InChI=1S/C21H21F3N6/c1-12-17-19(25-11-30(17)16-10-15(20(2,3)4)28-29(16)5)27-18(26-12)13-8-6-7-9-14(13)21(22,23)24/h6-11H,1-5H3. The van der Waals surface area contributed by atoms with Gasteiger partial charge in [0.2, 0.25) is 0 Å². The van der Waals surface area contributed by atoms with E-state index >= 15 is 0 Å². The highest BCUT2D eigenvalue weighted by Gasteiger charge is 2.34. The van der Waals surface area contributed by atoms with Crippen LogP contribution in [-0.4, -0.2) is 29.3 Å². The van der Waals surface area contributed by atoms with E-state index in [2.05, 4.69) is 40.8 Å². The van der Waals surface area contributed by atoms with Crippen molar-refractivity contribution in [3.8, 4) is 17.2 Å². The second-order valence-corrected chi connectivity index (χ2v) is 8.22. The molecule has 0 saturated carbocycles. The lowest BCUT2D eigenvalue weighted by Crippen LogP contribution is -2.12. The summed E-state index contributed by atoms with van der Waals surface area (Å²) in [4.78, 5) is 13.1. The van der Waals surface area contributed by atoms with Crippen molar-refractivity contribution in [2.75, 3.05) is 0 Å². The van der Waals surface area contributed by atoms with Crippen molar-refractivity contribution in [1.29, 1.82) is 0 Å². The van der Waals surface area contributed by atoms with Gasteiger partial charge in [-0.25, -0.2) is 15.0 Å². The Balaban J connectivity index is 1.88. The number of aromatic nitrogens is 6. The normalized spacial score (nSPS) is 12.7. The molecule has 4 aromatic rings. The van der Waals surface area contributed by atoms with Crippen LogP contribution in [-0.2, 0) is 18.6 Å². The van der Waals surface area contributed by atoms with Gasteiger partial charge in [0.1, 0.15) is 17.7 Å². The smallest absolute Gasteiger partial charge is 0.280 e. The van der Waals surface area contributed by atoms with E-state index in [1.165, 1.54) is 18.2 Å². The highest BCUT2D eigenvalue weighted by molar-refractivity contribution is 5.78. The first-order valence-corrected chi connectivity index (χ1v) is 9.40. The van der Waals surface area contributed by atoms with Crippen molar-refractivity contribution in [3.63, 3.8) is 0 Å². The van der Waals surface area contributed by atoms with E-state index in [4.69, 9.17) is 0 Å². The van der Waals surface area contributed by atoms with Crippen LogP contribution in [0.15, 0.2) is 36.7 Å². The molecule has 0 spiro atoms. The zero-order valence-corrected chi connectivity index (χ0v) is 17.3. The van der Waals surface area contributed by atoms with Gasteiger partial charge in [0, 0.05) is 24.1 Å². The Morgan fingerprint density at radius 3 is 2.33 bits per heavy atom. The van der Waals surface area contributed by atoms with E-state index < -0.39 is 11.7 Å². The van der Waals surface area contributed by atoms with Crippen molar-refractivity contribution in [2.45, 2.75) is 39.3 Å². The van der Waals surface area contributed by atoms with Crippen LogP contribution < -0.4 is 0 Å². The molecule has 0 atom stereocenters. The van der Waals surface area contributed by atoms with Crippen LogP contribution in [0.4, 0.5) is 13.2 Å². The molecule has 3 aromatic heterocycles. The molecule has 9 heteroatoms. The quantitative estimate of drug-likeness (QED) is 0.471. The molecule has 0 saturated heterocycles. The number of aryl methyl sites for hydroxylation is 2. The predicted molar refractivity (Wildman–Crippen MR) is 107 cm³/mol. The molecule has 0 N–H and O–H groups in total. The van der Waals surface area contributed by atoms with Crippen LogP contribution in [0.25, 0.3) is 28.4 Å². The van der Waals surface area contributed by atoms with Crippen LogP contribution in [0, 0.1) is 6.92 Å². The van der Waals surface area contributed by atoms with E-state index in [9.17, 15) is 13.2 Å². The molecule has 30 heavy (non-hydrogen) atoms. The van der Waals surface area contributed by atoms with Gasteiger partial charge < -0.3 is 0 Å². The predicted octanol–water partition coefficient (Wildman–Crippen LogP) is 4.84. The summed E-state index contributed by atoms with van der Waals surface area (Å²) in [6, 6.07) is 7.25. The summed E-state index contributed by atoms with van der Waals surface area (Å²) in [5.41, 5.74) is 1.43. The third-order valence-electron chi connectivity index (χ3n) is 4.92. The molecule has 0 aliphatic carbocycles. The summed E-state index contributed by atoms with van der Waals surface area (Å²) in [6.07, 6.45) is -2.91. The summed E-state index contributed by atoms with van der Waals surface area (Å²) in [7, 11) is 1.83. The van der Waals surface area contributed by atoms with Crippen LogP contribution in [0.5, 0.6) is 0 Å². The lowest BCUT2D eigenvalue weighted by atomic mass is 9.92. The van der Waals surface area contributed by atoms with Gasteiger partial charge in [-0.2, -0.15) is 18.3 Å². The van der Waals surface area contributed by atoms with Crippen LogP contribution in [0.2, 0.25) is 0 Å². The molecule has 0 amide bonds. The van der Waals surface area contributed by atoms with Crippen molar-refractivity contribution in [2.24, 2.45) is 7.05 Å². The van der Waals surface area contributed by atoms with Crippen LogP contribution in [0.1, 0.15) is 37.7 Å². The minimum atomic E-state index is -4.50. The molecular formula is C21H21F3N6. The number of rotatable bonds is 2. The molecule has 4 rings (SSSR count). The van der Waals surface area contributed by atoms with Gasteiger partial charge in [-0.1, -0.05) is 39.0 Å². The summed E-state index contributed by atoms with van der Waals surface area (Å²) in [6.45, 7) is 7.96. The number of hydrogen-bond acceptors (Lipinski definition) is 4. The van der Waals surface area contributed by atoms with E-state index in [1.807, 2.05) is 17.7 Å². The molecule has 156 valence electrons. The summed E-state index contributed by atoms with van der Waals surface area (Å²) in [5, 5.41) is 4.58. The summed E-state index contributed by atoms with van der Waals surface area (Å²) in [5.74, 6) is 0.774. The summed E-state index contributed by atoms with van der Waals surface area (Å²) >= 11 is 0. The molecule has 1 aromatic carbocycles. The fourth-order valence-electron chi connectivity index (χ4n) is 3.36. The first-order chi connectivity index (χ1) is 14.0. The van der Waals surface area contributed by atoms with Gasteiger partial charge in [0.25, 0.3) is 0 Å². The highest BCUT2D eigenvalue weighted by Crippen LogP contribution is 2.36. The Bertz CT molecular complexity index is 1240. The zero-order valence-electron chi connectivity index (χ0n) is 17.3. The second-order valence-electron chi connectivity index (χ2n) is 8.22. The number of alkyl halides is 3. The fraction of sp³-hybridized carbons (Fsp3) is 0.333. The SMILES string of the molecule is Cc1nc(-c2ccccc2C(F)(F)F)nc2ncn(-c3cc(C(C)(C)C)nn3C)c12. The lowest BCUT2D eigenvalue weighted by Gasteiger charge is -2.13. The highest BCUT2D eigenvalue weighted by atomic mass is 19.4. The Hall–Kier alpha value is -3.23. The van der Waals surface area contributed by atoms with Crippen LogP contribution in [0.3, 0.4) is 0 Å². The number of fused-ring (bicyclic) bond motifs is 1. The van der Waals surface area contributed by atoms with Gasteiger partial charge in [-0.15, -0.1) is 0 Å². The molecule has 0 aliphatic rings. The maximum atomic E-state index is 13.4. The minimum Gasteiger partial charge on any atom is -0.280 e. The topological polar surface area (TPSA) is 61.4 Å².